The first-order chi connectivity index (χ1) is 29.8. The van der Waals surface area contributed by atoms with Crippen LogP contribution in [0.3, 0.4) is 0 Å². The van der Waals surface area contributed by atoms with E-state index in [0.717, 1.165) is 6.08 Å². The number of fused-ring (bicyclic) bond motifs is 9. The fourth-order valence-corrected chi connectivity index (χ4v) is 8.51. The van der Waals surface area contributed by atoms with Crippen molar-refractivity contribution in [3.63, 3.8) is 0 Å². The molecule has 64 heavy (non-hydrogen) atoms. The van der Waals surface area contributed by atoms with Crippen LogP contribution in [0.1, 0.15) is 34.5 Å². The molecule has 0 atom stereocenters. The predicted molar refractivity (Wildman–Crippen MR) is 185 cm³/mol. The highest BCUT2D eigenvalue weighted by Crippen LogP contribution is 2.43. The normalized spacial score (nSPS) is 14.3. The molecule has 8 bridgehead atoms. The van der Waals surface area contributed by atoms with Crippen LogP contribution in [0.4, 0.5) is 65.9 Å². The average molecular weight is 959 g/mol. The summed E-state index contributed by atoms with van der Waals surface area (Å²) in [4.78, 5) is 3.17. The van der Waals surface area contributed by atoms with Crippen molar-refractivity contribution >= 4 is 37.0 Å². The number of allylic oxidation sites excluding steroid dienone is 2. The summed E-state index contributed by atoms with van der Waals surface area (Å²) in [6, 6.07) is 1.54. The second-order valence-electron chi connectivity index (χ2n) is 13.5. The molecule has 0 unspecified atom stereocenters. The Balaban J connectivity index is 1.66. The van der Waals surface area contributed by atoms with Crippen LogP contribution in [0, 0.1) is 87.3 Å². The van der Waals surface area contributed by atoms with Crippen molar-refractivity contribution in [2.45, 2.75) is 16.2 Å². The number of H-pyrrole nitrogens is 3. The number of rotatable bonds is 5. The number of aromatic nitrogens is 3. The maximum atomic E-state index is 15.8. The highest BCUT2D eigenvalue weighted by atomic mass is 32.2. The van der Waals surface area contributed by atoms with E-state index in [1.165, 1.54) is 0 Å². The Morgan fingerprint density at radius 3 is 1.20 bits per heavy atom. The summed E-state index contributed by atoms with van der Waals surface area (Å²) in [6.45, 7) is 0. The third kappa shape index (κ3) is 6.42. The second kappa shape index (κ2) is 14.7. The molecule has 2 aliphatic rings. The van der Waals surface area contributed by atoms with Gasteiger partial charge in [-0.2, -0.15) is 16.8 Å². The molecule has 10 nitrogen and oxygen atoms in total. The first kappa shape index (κ1) is 43.9. The van der Waals surface area contributed by atoms with E-state index in [0.29, 0.717) is 12.1 Å². The Bertz CT molecular complexity index is 3490. The van der Waals surface area contributed by atoms with Gasteiger partial charge in [0.15, 0.2) is 69.8 Å². The SMILES string of the molecule is O=S(=O)(O)c1cc2[nH]c1C(c1c(F)c(F)c(F)c(F)c1F)=c1ccc([nH]1)=C(c1c(F)c(F)c(F)c(F)c1F)C1=CCC(=C(c3c(F)c(F)c(F)c(F)c3F)c3cc(S(=O)(=O)O)c-2[nH]3)N1. The molecule has 2 aliphatic heterocycles. The highest BCUT2D eigenvalue weighted by molar-refractivity contribution is 7.86. The summed E-state index contributed by atoms with van der Waals surface area (Å²) in [6.07, 6.45) is -0.205. The minimum absolute atomic E-state index is 0.196. The number of halogens is 15. The Morgan fingerprint density at radius 1 is 0.422 bits per heavy atom. The summed E-state index contributed by atoms with van der Waals surface area (Å²) in [7, 11) is -11.7. The van der Waals surface area contributed by atoms with E-state index >= 15 is 26.3 Å². The molecule has 27 heteroatoms. The zero-order valence-corrected chi connectivity index (χ0v) is 31.7. The van der Waals surface area contributed by atoms with Gasteiger partial charge in [0.05, 0.1) is 33.8 Å². The fraction of sp³-hybridized carbons (Fsp3) is 0.0270. The monoisotopic (exact) mass is 958 g/mol. The topological polar surface area (TPSA) is 168 Å². The summed E-state index contributed by atoms with van der Waals surface area (Å²) in [5, 5.41) is 0.200. The lowest BCUT2D eigenvalue weighted by Gasteiger charge is -2.17. The third-order valence-corrected chi connectivity index (χ3v) is 11.6. The third-order valence-electron chi connectivity index (χ3n) is 9.88. The number of nitrogens with one attached hydrogen (secondary N) is 4. The fourth-order valence-electron chi connectivity index (χ4n) is 7.15. The van der Waals surface area contributed by atoms with Crippen molar-refractivity contribution in [3.05, 3.63) is 168 Å². The standard InChI is InChI=1S/C37H13F15N4O6S2/c38-21-18(22(39)28(45)33(50)27(21)44)15-7-1-2-9(53-7)16(19-23(40)29(46)34(51)30(47)24(19)41)11-5-13(63(57,58)59)36(55-11)12-6-14(64(60,61)62)37(56-12)17(10-4-3-8(15)54-10)20-25(42)31(48)35(52)32(49)26(20)43/h1,3-6,53-56H,2H2,(H,57,58,59)(H,60,61,62). The zero-order chi connectivity index (χ0) is 47.0. The van der Waals surface area contributed by atoms with Crippen LogP contribution in [-0.4, -0.2) is 40.9 Å². The molecule has 3 aromatic carbocycles. The van der Waals surface area contributed by atoms with Gasteiger partial charge in [-0.05, 0) is 24.3 Å². The van der Waals surface area contributed by atoms with Gasteiger partial charge in [0.2, 0.25) is 17.5 Å². The molecule has 0 aliphatic carbocycles. The van der Waals surface area contributed by atoms with E-state index in [2.05, 4.69) is 15.3 Å². The van der Waals surface area contributed by atoms with Crippen LogP contribution < -0.4 is 16.0 Å². The number of benzene rings is 3. The van der Waals surface area contributed by atoms with Crippen LogP contribution in [0.15, 0.2) is 51.5 Å². The molecular formula is C37H13F15N4O6S2. The van der Waals surface area contributed by atoms with Gasteiger partial charge in [0, 0.05) is 50.9 Å². The summed E-state index contributed by atoms with van der Waals surface area (Å²) in [5.74, 6) is -40.2. The molecule has 0 amide bonds. The van der Waals surface area contributed by atoms with Crippen molar-refractivity contribution in [1.29, 1.82) is 0 Å². The molecule has 3 aromatic heterocycles. The average Bonchev–Trinajstić information content (AvgIpc) is 4.07. The molecule has 0 saturated carbocycles. The molecule has 334 valence electrons. The molecule has 5 heterocycles. The van der Waals surface area contributed by atoms with Crippen molar-refractivity contribution in [3.8, 4) is 11.4 Å². The first-order valence-corrected chi connectivity index (χ1v) is 19.8. The Hall–Kier alpha value is -6.71. The summed E-state index contributed by atoms with van der Waals surface area (Å²) < 4.78 is 299. The van der Waals surface area contributed by atoms with Crippen LogP contribution in [0.25, 0.3) is 28.1 Å². The first-order valence-electron chi connectivity index (χ1n) is 16.9. The van der Waals surface area contributed by atoms with Gasteiger partial charge in [-0.1, -0.05) is 6.08 Å². The van der Waals surface area contributed by atoms with Gasteiger partial charge in [-0.15, -0.1) is 0 Å². The van der Waals surface area contributed by atoms with Crippen LogP contribution >= 0.6 is 0 Å². The van der Waals surface area contributed by atoms with Crippen molar-refractivity contribution in [1.82, 2.24) is 20.3 Å². The Labute approximate surface area is 343 Å². The van der Waals surface area contributed by atoms with E-state index < -0.39 is 202 Å². The van der Waals surface area contributed by atoms with Gasteiger partial charge in [-0.3, -0.25) is 9.11 Å². The van der Waals surface area contributed by atoms with Gasteiger partial charge in [-0.25, -0.2) is 65.9 Å². The van der Waals surface area contributed by atoms with Gasteiger partial charge in [0.1, 0.15) is 9.79 Å². The number of aromatic amines is 3. The van der Waals surface area contributed by atoms with Gasteiger partial charge < -0.3 is 20.3 Å². The second-order valence-corrected chi connectivity index (χ2v) is 16.2. The number of hydrogen-bond donors (Lipinski definition) is 6. The van der Waals surface area contributed by atoms with Gasteiger partial charge >= 0.3 is 0 Å². The predicted octanol–water partition coefficient (Wildman–Crippen LogP) is 7.01. The summed E-state index contributed by atoms with van der Waals surface area (Å²) >= 11 is 0. The molecule has 0 saturated heterocycles. The van der Waals surface area contributed by atoms with Crippen LogP contribution in [0.2, 0.25) is 0 Å². The minimum atomic E-state index is -5.91. The lowest BCUT2D eigenvalue weighted by molar-refractivity contribution is 0.376. The van der Waals surface area contributed by atoms with Crippen molar-refractivity contribution < 1.29 is 91.8 Å². The maximum absolute atomic E-state index is 15.8. The van der Waals surface area contributed by atoms with Gasteiger partial charge in [0.25, 0.3) is 20.2 Å². The molecule has 6 N–H and O–H groups in total. The summed E-state index contributed by atoms with van der Waals surface area (Å²) in [5.41, 5.74) is -16.6. The zero-order valence-electron chi connectivity index (χ0n) is 30.1. The Kier molecular flexibility index (Phi) is 10.1. The van der Waals surface area contributed by atoms with E-state index in [1.807, 2.05) is 4.98 Å². The smallest absolute Gasteiger partial charge is 0.296 e. The molecule has 0 fully saturated rings. The van der Waals surface area contributed by atoms with Crippen molar-refractivity contribution in [2.75, 3.05) is 0 Å². The molecule has 6 aromatic rings. The quantitative estimate of drug-likeness (QED) is 0.0468. The number of hydrogen-bond acceptors (Lipinski definition) is 5. The van der Waals surface area contributed by atoms with E-state index in [9.17, 15) is 65.5 Å². The lowest BCUT2D eigenvalue weighted by Crippen LogP contribution is -2.24. The molecule has 8 rings (SSSR count). The lowest BCUT2D eigenvalue weighted by atomic mass is 9.97. The minimum Gasteiger partial charge on any atom is -0.358 e. The maximum Gasteiger partial charge on any atom is 0.296 e. The largest absolute Gasteiger partial charge is 0.358 e. The van der Waals surface area contributed by atoms with E-state index in [-0.39, 0.29) is 12.1 Å². The van der Waals surface area contributed by atoms with E-state index in [4.69, 9.17) is 0 Å². The van der Waals surface area contributed by atoms with Crippen LogP contribution in [0.5, 0.6) is 0 Å². The highest BCUT2D eigenvalue weighted by Gasteiger charge is 2.38. The molecule has 0 spiro atoms. The molecular weight excluding hydrogens is 946 g/mol. The Morgan fingerprint density at radius 2 is 0.766 bits per heavy atom. The van der Waals surface area contributed by atoms with Crippen LogP contribution in [-0.2, 0) is 20.2 Å². The van der Waals surface area contributed by atoms with E-state index in [1.54, 1.807) is 0 Å². The molecule has 0 radical (unpaired) electrons. The van der Waals surface area contributed by atoms with Crippen molar-refractivity contribution in [2.24, 2.45) is 0 Å².